The van der Waals surface area contributed by atoms with Crippen molar-refractivity contribution in [2.75, 3.05) is 19.0 Å². The topological polar surface area (TPSA) is 47.6 Å². The van der Waals surface area contributed by atoms with Gasteiger partial charge in [-0.1, -0.05) is 13.0 Å². The van der Waals surface area contributed by atoms with E-state index < -0.39 is 0 Å². The molecule has 2 rings (SSSR count). The molecule has 0 atom stereocenters. The summed E-state index contributed by atoms with van der Waals surface area (Å²) in [6, 6.07) is 11.1. The van der Waals surface area contributed by atoms with E-state index in [1.807, 2.05) is 13.0 Å². The van der Waals surface area contributed by atoms with Crippen molar-refractivity contribution in [3.63, 3.8) is 0 Å². The summed E-state index contributed by atoms with van der Waals surface area (Å²) in [5.74, 6) is 0.749. The van der Waals surface area contributed by atoms with Gasteiger partial charge in [0, 0.05) is 5.69 Å². The lowest BCUT2D eigenvalue weighted by Gasteiger charge is -2.12. The van der Waals surface area contributed by atoms with Crippen molar-refractivity contribution in [2.45, 2.75) is 19.8 Å². The van der Waals surface area contributed by atoms with E-state index in [-0.39, 0.29) is 18.1 Å². The Labute approximate surface area is 135 Å². The molecule has 5 heteroatoms. The van der Waals surface area contributed by atoms with Gasteiger partial charge in [0.15, 0.2) is 11.5 Å². The number of hydrogen-bond acceptors (Lipinski definition) is 3. The molecule has 0 aliphatic carbocycles. The molecule has 0 aromatic heterocycles. The Morgan fingerprint density at radius 1 is 1.13 bits per heavy atom. The molecule has 0 radical (unpaired) electrons. The van der Waals surface area contributed by atoms with Crippen LogP contribution in [0.5, 0.6) is 11.5 Å². The molecule has 2 aromatic rings. The quantitative estimate of drug-likeness (QED) is 0.845. The standard InChI is InChI=1S/C18H20FNO3/c1-3-10-23-16-9-4-13(11-17(16)22-2)12-18(21)20-15-7-5-14(19)6-8-15/h4-9,11H,3,10,12H2,1-2H3,(H,20,21). The summed E-state index contributed by atoms with van der Waals surface area (Å²) in [6.45, 7) is 2.64. The highest BCUT2D eigenvalue weighted by Crippen LogP contribution is 2.28. The molecule has 23 heavy (non-hydrogen) atoms. The Morgan fingerprint density at radius 3 is 2.52 bits per heavy atom. The number of ether oxygens (including phenoxy) is 2. The minimum atomic E-state index is -0.338. The first-order chi connectivity index (χ1) is 11.1. The third-order valence-corrected chi connectivity index (χ3v) is 3.18. The van der Waals surface area contributed by atoms with Crippen molar-refractivity contribution >= 4 is 11.6 Å². The highest BCUT2D eigenvalue weighted by molar-refractivity contribution is 5.92. The number of amides is 1. The first-order valence-electron chi connectivity index (χ1n) is 7.47. The van der Waals surface area contributed by atoms with Gasteiger partial charge < -0.3 is 14.8 Å². The predicted octanol–water partition coefficient (Wildman–Crippen LogP) is 3.80. The number of nitrogens with one attached hydrogen (secondary N) is 1. The van der Waals surface area contributed by atoms with Gasteiger partial charge in [-0.3, -0.25) is 4.79 Å². The Kier molecular flexibility index (Phi) is 5.97. The molecule has 4 nitrogen and oxygen atoms in total. The molecule has 122 valence electrons. The van der Waals surface area contributed by atoms with Crippen LogP contribution in [0.15, 0.2) is 42.5 Å². The average molecular weight is 317 g/mol. The Balaban J connectivity index is 2.01. The van der Waals surface area contributed by atoms with Gasteiger partial charge in [0.05, 0.1) is 20.1 Å². The van der Waals surface area contributed by atoms with Crippen LogP contribution in [0.3, 0.4) is 0 Å². The molecule has 0 saturated carbocycles. The summed E-state index contributed by atoms with van der Waals surface area (Å²) < 4.78 is 23.7. The predicted molar refractivity (Wildman–Crippen MR) is 87.5 cm³/mol. The third kappa shape index (κ3) is 4.98. The van der Waals surface area contributed by atoms with E-state index >= 15 is 0 Å². The molecule has 0 aliphatic heterocycles. The SMILES string of the molecule is CCCOc1ccc(CC(=O)Nc2ccc(F)cc2)cc1OC. The number of halogens is 1. The van der Waals surface area contributed by atoms with E-state index in [2.05, 4.69) is 5.32 Å². The molecular weight excluding hydrogens is 297 g/mol. The Hall–Kier alpha value is -2.56. The Morgan fingerprint density at radius 2 is 1.87 bits per heavy atom. The van der Waals surface area contributed by atoms with Gasteiger partial charge >= 0.3 is 0 Å². The number of carbonyl (C=O) groups is 1. The molecule has 2 aromatic carbocycles. The minimum Gasteiger partial charge on any atom is -0.493 e. The van der Waals surface area contributed by atoms with Crippen LogP contribution in [0.4, 0.5) is 10.1 Å². The number of anilines is 1. The number of carbonyl (C=O) groups excluding carboxylic acids is 1. The lowest BCUT2D eigenvalue weighted by molar-refractivity contribution is -0.115. The number of benzene rings is 2. The van der Waals surface area contributed by atoms with Crippen LogP contribution >= 0.6 is 0 Å². The zero-order valence-electron chi connectivity index (χ0n) is 13.3. The highest BCUT2D eigenvalue weighted by atomic mass is 19.1. The Bertz CT molecular complexity index is 656. The van der Waals surface area contributed by atoms with Gasteiger partial charge in [-0.25, -0.2) is 4.39 Å². The first-order valence-corrected chi connectivity index (χ1v) is 7.47. The van der Waals surface area contributed by atoms with Gasteiger partial charge in [-0.15, -0.1) is 0 Å². The molecule has 0 fully saturated rings. The van der Waals surface area contributed by atoms with Crippen molar-refractivity contribution < 1.29 is 18.7 Å². The second kappa shape index (κ2) is 8.17. The summed E-state index contributed by atoms with van der Waals surface area (Å²) in [7, 11) is 1.57. The van der Waals surface area contributed by atoms with Crippen molar-refractivity contribution in [3.8, 4) is 11.5 Å². The summed E-state index contributed by atoms with van der Waals surface area (Å²) in [5.41, 5.74) is 1.37. The van der Waals surface area contributed by atoms with E-state index in [1.54, 1.807) is 19.2 Å². The van der Waals surface area contributed by atoms with Crippen molar-refractivity contribution in [1.82, 2.24) is 0 Å². The van der Waals surface area contributed by atoms with Crippen LogP contribution in [-0.2, 0) is 11.2 Å². The van der Waals surface area contributed by atoms with E-state index in [4.69, 9.17) is 9.47 Å². The molecule has 0 heterocycles. The minimum absolute atomic E-state index is 0.180. The van der Waals surface area contributed by atoms with E-state index in [9.17, 15) is 9.18 Å². The highest BCUT2D eigenvalue weighted by Gasteiger charge is 2.09. The molecule has 0 spiro atoms. The van der Waals surface area contributed by atoms with E-state index in [0.717, 1.165) is 12.0 Å². The molecule has 0 aliphatic rings. The monoisotopic (exact) mass is 317 g/mol. The van der Waals surface area contributed by atoms with Crippen molar-refractivity contribution in [1.29, 1.82) is 0 Å². The maximum atomic E-state index is 12.8. The lowest BCUT2D eigenvalue weighted by atomic mass is 10.1. The number of rotatable bonds is 7. The van der Waals surface area contributed by atoms with Crippen LogP contribution < -0.4 is 14.8 Å². The fraction of sp³-hybridized carbons (Fsp3) is 0.278. The smallest absolute Gasteiger partial charge is 0.228 e. The normalized spacial score (nSPS) is 10.2. The van der Waals surface area contributed by atoms with E-state index in [1.165, 1.54) is 24.3 Å². The maximum absolute atomic E-state index is 12.8. The van der Waals surface area contributed by atoms with Gasteiger partial charge in [0.2, 0.25) is 5.91 Å². The molecule has 1 amide bonds. The first kappa shape index (κ1) is 16.8. The largest absolute Gasteiger partial charge is 0.493 e. The summed E-state index contributed by atoms with van der Waals surface area (Å²) in [4.78, 5) is 12.0. The van der Waals surface area contributed by atoms with Crippen LogP contribution in [0, 0.1) is 5.82 Å². The number of hydrogen-bond donors (Lipinski definition) is 1. The van der Waals surface area contributed by atoms with Crippen molar-refractivity contribution in [3.05, 3.63) is 53.8 Å². The van der Waals surface area contributed by atoms with Crippen LogP contribution in [0.1, 0.15) is 18.9 Å². The summed E-state index contributed by atoms with van der Waals surface area (Å²) in [5, 5.41) is 2.73. The maximum Gasteiger partial charge on any atom is 0.228 e. The zero-order valence-corrected chi connectivity index (χ0v) is 13.3. The van der Waals surface area contributed by atoms with E-state index in [0.29, 0.717) is 23.8 Å². The molecule has 0 saturated heterocycles. The summed E-state index contributed by atoms with van der Waals surface area (Å²) in [6.07, 6.45) is 1.10. The zero-order chi connectivity index (χ0) is 16.7. The average Bonchev–Trinajstić information content (AvgIpc) is 2.55. The second-order valence-electron chi connectivity index (χ2n) is 5.07. The van der Waals surface area contributed by atoms with Crippen LogP contribution in [0.2, 0.25) is 0 Å². The van der Waals surface area contributed by atoms with Gasteiger partial charge in [-0.2, -0.15) is 0 Å². The second-order valence-corrected chi connectivity index (χ2v) is 5.07. The van der Waals surface area contributed by atoms with Crippen molar-refractivity contribution in [2.24, 2.45) is 0 Å². The van der Waals surface area contributed by atoms with Gasteiger partial charge in [-0.05, 0) is 48.4 Å². The fourth-order valence-corrected chi connectivity index (χ4v) is 2.08. The molecule has 0 unspecified atom stereocenters. The lowest BCUT2D eigenvalue weighted by Crippen LogP contribution is -2.14. The summed E-state index contributed by atoms with van der Waals surface area (Å²) >= 11 is 0. The van der Waals surface area contributed by atoms with Crippen LogP contribution in [-0.4, -0.2) is 19.6 Å². The number of methoxy groups -OCH3 is 1. The molecule has 0 bridgehead atoms. The molecule has 1 N–H and O–H groups in total. The molecular formula is C18H20FNO3. The van der Waals surface area contributed by atoms with Gasteiger partial charge in [0.1, 0.15) is 5.82 Å². The fourth-order valence-electron chi connectivity index (χ4n) is 2.08. The third-order valence-electron chi connectivity index (χ3n) is 3.18. The van der Waals surface area contributed by atoms with Crippen LogP contribution in [0.25, 0.3) is 0 Å². The van der Waals surface area contributed by atoms with Gasteiger partial charge in [0.25, 0.3) is 0 Å².